The number of hydrogen-bond donors (Lipinski definition) is 1. The Hall–Kier alpha value is -1.64. The second-order valence-corrected chi connectivity index (χ2v) is 6.97. The number of imidazole rings is 1. The lowest BCUT2D eigenvalue weighted by Crippen LogP contribution is -2.45. The zero-order valence-corrected chi connectivity index (χ0v) is 13.2. The topological polar surface area (TPSA) is 53.6 Å². The Balaban J connectivity index is 1.84. The zero-order valence-electron chi connectivity index (χ0n) is 12.4. The molecule has 0 aromatic carbocycles. The van der Waals surface area contributed by atoms with Gasteiger partial charge in [0.1, 0.15) is 11.4 Å². The van der Waals surface area contributed by atoms with Crippen molar-refractivity contribution in [2.24, 2.45) is 0 Å². The lowest BCUT2D eigenvalue weighted by Gasteiger charge is -2.26. The minimum Gasteiger partial charge on any atom is -0.327 e. The maximum absolute atomic E-state index is 9.60. The van der Waals surface area contributed by atoms with Crippen molar-refractivity contribution in [3.63, 3.8) is 0 Å². The van der Waals surface area contributed by atoms with Gasteiger partial charge in [0.25, 0.3) is 0 Å². The summed E-state index contributed by atoms with van der Waals surface area (Å²) in [4.78, 5) is 5.69. The molecule has 1 N–H and O–H groups in total. The van der Waals surface area contributed by atoms with Crippen LogP contribution in [0.1, 0.15) is 39.2 Å². The van der Waals surface area contributed by atoms with Crippen LogP contribution >= 0.6 is 11.3 Å². The van der Waals surface area contributed by atoms with Crippen molar-refractivity contribution < 1.29 is 0 Å². The van der Waals surface area contributed by atoms with Gasteiger partial charge in [-0.3, -0.25) is 5.32 Å². The normalized spacial score (nSPS) is 25.3. The minimum absolute atomic E-state index is 0.322. The smallest absolute Gasteiger partial charge is 0.150 e. The predicted molar refractivity (Wildman–Crippen MR) is 85.0 cm³/mol. The largest absolute Gasteiger partial charge is 0.327 e. The molecule has 0 saturated heterocycles. The number of nitriles is 1. The van der Waals surface area contributed by atoms with Crippen molar-refractivity contribution in [3.8, 4) is 16.8 Å². The van der Waals surface area contributed by atoms with Gasteiger partial charge < -0.3 is 4.57 Å². The molecule has 2 heterocycles. The van der Waals surface area contributed by atoms with Crippen LogP contribution in [0, 0.1) is 11.3 Å². The fourth-order valence-corrected chi connectivity index (χ4v) is 4.00. The van der Waals surface area contributed by atoms with E-state index in [0.717, 1.165) is 25.1 Å². The molecule has 2 aromatic heterocycles. The maximum Gasteiger partial charge on any atom is 0.150 e. The third-order valence-corrected chi connectivity index (χ3v) is 4.94. The third-order valence-electron chi connectivity index (χ3n) is 4.07. The van der Waals surface area contributed by atoms with Gasteiger partial charge >= 0.3 is 0 Å². The van der Waals surface area contributed by atoms with E-state index in [0.29, 0.717) is 12.1 Å². The van der Waals surface area contributed by atoms with Gasteiger partial charge in [-0.05, 0) is 44.6 Å². The van der Waals surface area contributed by atoms with Gasteiger partial charge in [0.2, 0.25) is 0 Å². The zero-order chi connectivity index (χ0) is 14.9. The Kier molecular flexibility index (Phi) is 3.83. The lowest BCUT2D eigenvalue weighted by molar-refractivity contribution is 0.369. The van der Waals surface area contributed by atoms with Crippen molar-refractivity contribution in [1.82, 2.24) is 14.9 Å². The highest BCUT2D eigenvalue weighted by atomic mass is 32.1. The summed E-state index contributed by atoms with van der Waals surface area (Å²) >= 11 is 1.71. The molecular weight excluding hydrogens is 280 g/mol. The molecule has 0 spiro atoms. The Morgan fingerprint density at radius 3 is 3.10 bits per heavy atom. The molecule has 1 fully saturated rings. The van der Waals surface area contributed by atoms with E-state index in [9.17, 15) is 5.26 Å². The summed E-state index contributed by atoms with van der Waals surface area (Å²) in [5.74, 6) is 1.02. The van der Waals surface area contributed by atoms with Crippen molar-refractivity contribution in [2.45, 2.75) is 50.7 Å². The molecule has 3 rings (SSSR count). The second kappa shape index (κ2) is 5.63. The highest BCUT2D eigenvalue weighted by Gasteiger charge is 2.40. The molecule has 21 heavy (non-hydrogen) atoms. The molecule has 2 unspecified atom stereocenters. The van der Waals surface area contributed by atoms with Crippen molar-refractivity contribution in [3.05, 3.63) is 29.9 Å². The van der Waals surface area contributed by atoms with Crippen molar-refractivity contribution in [1.29, 1.82) is 5.26 Å². The summed E-state index contributed by atoms with van der Waals surface area (Å²) < 4.78 is 2.24. The molecule has 0 amide bonds. The van der Waals surface area contributed by atoms with E-state index in [1.807, 2.05) is 18.5 Å². The molecule has 4 nitrogen and oxygen atoms in total. The van der Waals surface area contributed by atoms with Crippen LogP contribution in [0.5, 0.6) is 0 Å². The number of nitrogens with zero attached hydrogens (tertiary/aromatic N) is 3. The highest BCUT2D eigenvalue weighted by molar-refractivity contribution is 7.13. The van der Waals surface area contributed by atoms with Gasteiger partial charge in [-0.2, -0.15) is 5.26 Å². The minimum atomic E-state index is -0.393. The van der Waals surface area contributed by atoms with Crippen LogP contribution in [0.15, 0.2) is 29.9 Å². The average molecular weight is 300 g/mol. The van der Waals surface area contributed by atoms with Gasteiger partial charge in [0.05, 0.1) is 10.9 Å². The molecule has 1 aliphatic carbocycles. The van der Waals surface area contributed by atoms with E-state index in [4.69, 9.17) is 0 Å². The Bertz CT molecular complexity index is 638. The number of aromatic nitrogens is 2. The summed E-state index contributed by atoms with van der Waals surface area (Å²) in [6, 6.07) is 7.33. The standard InChI is InChI=1S/C16H20N4S/c1-12(2)19-16(11-17)6-5-13(10-16)20-8-7-18-15(20)14-4-3-9-21-14/h3-4,7-9,12-13,19H,5-6,10H2,1-2H3. The molecule has 0 radical (unpaired) electrons. The first-order valence-electron chi connectivity index (χ1n) is 7.39. The van der Waals surface area contributed by atoms with Crippen LogP contribution in [-0.2, 0) is 0 Å². The van der Waals surface area contributed by atoms with Crippen molar-refractivity contribution in [2.75, 3.05) is 0 Å². The number of nitrogens with one attached hydrogen (secondary N) is 1. The Morgan fingerprint density at radius 2 is 2.43 bits per heavy atom. The fourth-order valence-electron chi connectivity index (χ4n) is 3.28. The van der Waals surface area contributed by atoms with Crippen LogP contribution in [-0.4, -0.2) is 21.1 Å². The van der Waals surface area contributed by atoms with Crippen LogP contribution in [0.4, 0.5) is 0 Å². The predicted octanol–water partition coefficient (Wildman–Crippen LogP) is 3.60. The van der Waals surface area contributed by atoms with E-state index >= 15 is 0 Å². The average Bonchev–Trinajstić information content (AvgIpc) is 3.18. The van der Waals surface area contributed by atoms with E-state index < -0.39 is 5.54 Å². The van der Waals surface area contributed by atoms with Gasteiger partial charge in [-0.25, -0.2) is 4.98 Å². The van der Waals surface area contributed by atoms with Gasteiger partial charge in [0, 0.05) is 24.5 Å². The highest BCUT2D eigenvalue weighted by Crippen LogP contribution is 2.40. The van der Waals surface area contributed by atoms with Crippen LogP contribution in [0.3, 0.4) is 0 Å². The summed E-state index contributed by atoms with van der Waals surface area (Å²) in [5.41, 5.74) is -0.393. The SMILES string of the molecule is CC(C)NC1(C#N)CCC(n2ccnc2-c2cccs2)C1. The van der Waals surface area contributed by atoms with Crippen LogP contribution in [0.25, 0.3) is 10.7 Å². The van der Waals surface area contributed by atoms with E-state index in [-0.39, 0.29) is 0 Å². The van der Waals surface area contributed by atoms with Gasteiger partial charge in [-0.1, -0.05) is 6.07 Å². The maximum atomic E-state index is 9.60. The molecule has 1 aliphatic rings. The number of thiophene rings is 1. The number of hydrogen-bond acceptors (Lipinski definition) is 4. The summed E-state index contributed by atoms with van der Waals surface area (Å²) in [5, 5.41) is 15.1. The summed E-state index contributed by atoms with van der Waals surface area (Å²) in [6.07, 6.45) is 6.66. The molecule has 5 heteroatoms. The first kappa shape index (κ1) is 14.3. The van der Waals surface area contributed by atoms with E-state index in [1.54, 1.807) is 11.3 Å². The first-order chi connectivity index (χ1) is 10.1. The summed E-state index contributed by atoms with van der Waals surface area (Å²) in [7, 11) is 0. The summed E-state index contributed by atoms with van der Waals surface area (Å²) in [6.45, 7) is 4.20. The van der Waals surface area contributed by atoms with E-state index in [2.05, 4.69) is 46.2 Å². The van der Waals surface area contributed by atoms with Gasteiger partial charge in [0.15, 0.2) is 0 Å². The molecule has 1 saturated carbocycles. The molecule has 0 bridgehead atoms. The van der Waals surface area contributed by atoms with Gasteiger partial charge in [-0.15, -0.1) is 11.3 Å². The molecular formula is C16H20N4S. The van der Waals surface area contributed by atoms with Crippen molar-refractivity contribution >= 4 is 11.3 Å². The lowest BCUT2D eigenvalue weighted by atomic mass is 9.98. The first-order valence-corrected chi connectivity index (χ1v) is 8.27. The fraction of sp³-hybridized carbons (Fsp3) is 0.500. The number of rotatable bonds is 4. The van der Waals surface area contributed by atoms with Crippen LogP contribution in [0.2, 0.25) is 0 Å². The Morgan fingerprint density at radius 1 is 1.57 bits per heavy atom. The second-order valence-electron chi connectivity index (χ2n) is 6.02. The molecule has 2 atom stereocenters. The monoisotopic (exact) mass is 300 g/mol. The molecule has 2 aromatic rings. The Labute approximate surface area is 129 Å². The molecule has 110 valence electrons. The van der Waals surface area contributed by atoms with Crippen LogP contribution < -0.4 is 5.32 Å². The third kappa shape index (κ3) is 2.74. The van der Waals surface area contributed by atoms with E-state index in [1.165, 1.54) is 4.88 Å². The quantitative estimate of drug-likeness (QED) is 0.938. The molecule has 0 aliphatic heterocycles.